The Morgan fingerprint density at radius 3 is 2.56 bits per heavy atom. The maximum absolute atomic E-state index is 5.73. The molecule has 0 aliphatic rings. The summed E-state index contributed by atoms with van der Waals surface area (Å²) in [6.45, 7) is 3.21. The first-order valence-corrected chi connectivity index (χ1v) is 3.71. The van der Waals surface area contributed by atoms with Crippen LogP contribution < -0.4 is 11.1 Å². The smallest absolute Gasteiger partial charge is 0.00508 e. The van der Waals surface area contributed by atoms with Gasteiger partial charge in [0.2, 0.25) is 0 Å². The molecule has 3 N–H and O–H groups in total. The highest BCUT2D eigenvalue weighted by atomic mass is 14.8. The van der Waals surface area contributed by atoms with Gasteiger partial charge in [0.1, 0.15) is 0 Å². The normalized spacial score (nSPS) is 13.7. The van der Waals surface area contributed by atoms with E-state index in [1.807, 2.05) is 7.05 Å². The molecule has 0 aromatic carbocycles. The molecule has 1 atom stereocenters. The molecular formula is C7H18N2. The van der Waals surface area contributed by atoms with Crippen molar-refractivity contribution in [1.82, 2.24) is 5.32 Å². The van der Waals surface area contributed by atoms with E-state index in [1.165, 1.54) is 6.42 Å². The summed E-state index contributed by atoms with van der Waals surface area (Å²) in [7, 11) is 1.96. The van der Waals surface area contributed by atoms with E-state index in [4.69, 9.17) is 5.73 Å². The van der Waals surface area contributed by atoms with Gasteiger partial charge in [-0.05, 0) is 26.4 Å². The zero-order valence-electron chi connectivity index (χ0n) is 6.48. The van der Waals surface area contributed by atoms with Crippen LogP contribution in [0.1, 0.15) is 26.2 Å². The molecular weight excluding hydrogens is 112 g/mol. The van der Waals surface area contributed by atoms with E-state index in [2.05, 4.69) is 12.2 Å². The van der Waals surface area contributed by atoms with Crippen molar-refractivity contribution in [3.63, 3.8) is 0 Å². The van der Waals surface area contributed by atoms with Crippen LogP contribution in [-0.4, -0.2) is 19.6 Å². The molecule has 0 saturated carbocycles. The third-order valence-electron chi connectivity index (χ3n) is 1.42. The summed E-state index contributed by atoms with van der Waals surface area (Å²) in [5, 5.41) is 3.08. The van der Waals surface area contributed by atoms with E-state index >= 15 is 0 Å². The molecule has 56 valence electrons. The Hall–Kier alpha value is -0.0800. The van der Waals surface area contributed by atoms with Crippen LogP contribution in [0.15, 0.2) is 0 Å². The zero-order valence-corrected chi connectivity index (χ0v) is 6.48. The molecule has 0 heterocycles. The first-order chi connectivity index (χ1) is 4.31. The van der Waals surface area contributed by atoms with Crippen LogP contribution in [0.3, 0.4) is 0 Å². The standard InChI is InChI=1S/C7H18N2/c1-3-4-7(8)5-6-9-2/h7,9H,3-6,8H2,1-2H3/t7-/m0/s1. The quantitative estimate of drug-likeness (QED) is 0.575. The second-order valence-electron chi connectivity index (χ2n) is 2.44. The lowest BCUT2D eigenvalue weighted by atomic mass is 10.1. The van der Waals surface area contributed by atoms with Gasteiger partial charge in [0.25, 0.3) is 0 Å². The predicted octanol–water partition coefficient (Wildman–Crippen LogP) is 0.723. The number of nitrogens with two attached hydrogens (primary N) is 1. The first-order valence-electron chi connectivity index (χ1n) is 3.71. The highest BCUT2D eigenvalue weighted by molar-refractivity contribution is 4.60. The van der Waals surface area contributed by atoms with Crippen molar-refractivity contribution in [2.24, 2.45) is 5.73 Å². The largest absolute Gasteiger partial charge is 0.328 e. The Morgan fingerprint density at radius 2 is 2.11 bits per heavy atom. The summed E-state index contributed by atoms with van der Waals surface area (Å²) in [4.78, 5) is 0. The topological polar surface area (TPSA) is 38.0 Å². The molecule has 0 aromatic rings. The van der Waals surface area contributed by atoms with Crippen LogP contribution in [0.2, 0.25) is 0 Å². The number of nitrogens with one attached hydrogen (secondary N) is 1. The molecule has 0 aliphatic heterocycles. The third kappa shape index (κ3) is 5.80. The lowest BCUT2D eigenvalue weighted by Gasteiger charge is -2.08. The maximum atomic E-state index is 5.73. The van der Waals surface area contributed by atoms with Crippen LogP contribution in [0, 0.1) is 0 Å². The minimum Gasteiger partial charge on any atom is -0.328 e. The third-order valence-corrected chi connectivity index (χ3v) is 1.42. The summed E-state index contributed by atoms with van der Waals surface area (Å²) in [5.74, 6) is 0. The zero-order chi connectivity index (χ0) is 7.11. The number of hydrogen-bond acceptors (Lipinski definition) is 2. The van der Waals surface area contributed by atoms with Crippen molar-refractivity contribution in [3.8, 4) is 0 Å². The lowest BCUT2D eigenvalue weighted by molar-refractivity contribution is 0.545. The van der Waals surface area contributed by atoms with Gasteiger partial charge in [-0.3, -0.25) is 0 Å². The molecule has 0 fully saturated rings. The number of hydrogen-bond donors (Lipinski definition) is 2. The average molecular weight is 130 g/mol. The second kappa shape index (κ2) is 6.05. The van der Waals surface area contributed by atoms with E-state index in [0.717, 1.165) is 19.4 Å². The highest BCUT2D eigenvalue weighted by Gasteiger charge is 1.97. The van der Waals surface area contributed by atoms with E-state index in [1.54, 1.807) is 0 Å². The van der Waals surface area contributed by atoms with E-state index in [9.17, 15) is 0 Å². The fourth-order valence-electron chi connectivity index (χ4n) is 0.845. The molecule has 0 aromatic heterocycles. The Labute approximate surface area is 57.8 Å². The molecule has 0 saturated heterocycles. The van der Waals surface area contributed by atoms with Gasteiger partial charge < -0.3 is 11.1 Å². The van der Waals surface area contributed by atoms with Crippen LogP contribution >= 0.6 is 0 Å². The molecule has 0 spiro atoms. The summed E-state index contributed by atoms with van der Waals surface area (Å²) in [5.41, 5.74) is 5.73. The Bertz CT molecular complexity index is 54.9. The first kappa shape index (κ1) is 8.92. The average Bonchev–Trinajstić information content (AvgIpc) is 1.85. The summed E-state index contributed by atoms with van der Waals surface area (Å²) >= 11 is 0. The fourth-order valence-corrected chi connectivity index (χ4v) is 0.845. The van der Waals surface area contributed by atoms with Gasteiger partial charge >= 0.3 is 0 Å². The lowest BCUT2D eigenvalue weighted by Crippen LogP contribution is -2.24. The van der Waals surface area contributed by atoms with E-state index in [0.29, 0.717) is 6.04 Å². The van der Waals surface area contributed by atoms with Gasteiger partial charge in [-0.25, -0.2) is 0 Å². The van der Waals surface area contributed by atoms with Gasteiger partial charge in [0, 0.05) is 6.04 Å². The summed E-state index contributed by atoms with van der Waals surface area (Å²) < 4.78 is 0. The van der Waals surface area contributed by atoms with Gasteiger partial charge in [-0.1, -0.05) is 13.3 Å². The molecule has 0 amide bonds. The maximum Gasteiger partial charge on any atom is 0.00508 e. The van der Waals surface area contributed by atoms with E-state index in [-0.39, 0.29) is 0 Å². The van der Waals surface area contributed by atoms with Gasteiger partial charge in [-0.15, -0.1) is 0 Å². The Kier molecular flexibility index (Phi) is 5.99. The van der Waals surface area contributed by atoms with Crippen LogP contribution in [0.25, 0.3) is 0 Å². The van der Waals surface area contributed by atoms with Gasteiger partial charge in [0.05, 0.1) is 0 Å². The fraction of sp³-hybridized carbons (Fsp3) is 1.00. The van der Waals surface area contributed by atoms with Crippen LogP contribution in [-0.2, 0) is 0 Å². The molecule has 0 radical (unpaired) electrons. The molecule has 0 aliphatic carbocycles. The summed E-state index contributed by atoms with van der Waals surface area (Å²) in [6.07, 6.45) is 3.46. The molecule has 0 bridgehead atoms. The number of rotatable bonds is 5. The Morgan fingerprint density at radius 1 is 1.44 bits per heavy atom. The minimum absolute atomic E-state index is 0.405. The molecule has 0 unspecified atom stereocenters. The van der Waals surface area contributed by atoms with Gasteiger partial charge in [0.15, 0.2) is 0 Å². The predicted molar refractivity (Wildman–Crippen MR) is 41.4 cm³/mol. The highest BCUT2D eigenvalue weighted by Crippen LogP contribution is 1.95. The van der Waals surface area contributed by atoms with Crippen molar-refractivity contribution in [2.45, 2.75) is 32.2 Å². The van der Waals surface area contributed by atoms with Crippen molar-refractivity contribution in [2.75, 3.05) is 13.6 Å². The monoisotopic (exact) mass is 130 g/mol. The van der Waals surface area contributed by atoms with Crippen molar-refractivity contribution in [3.05, 3.63) is 0 Å². The summed E-state index contributed by atoms with van der Waals surface area (Å²) in [6, 6.07) is 0.405. The molecule has 9 heavy (non-hydrogen) atoms. The van der Waals surface area contributed by atoms with Gasteiger partial charge in [-0.2, -0.15) is 0 Å². The minimum atomic E-state index is 0.405. The van der Waals surface area contributed by atoms with Crippen molar-refractivity contribution >= 4 is 0 Å². The molecule has 2 nitrogen and oxygen atoms in total. The van der Waals surface area contributed by atoms with Crippen molar-refractivity contribution < 1.29 is 0 Å². The molecule has 2 heteroatoms. The van der Waals surface area contributed by atoms with Crippen LogP contribution in [0.5, 0.6) is 0 Å². The Balaban J connectivity index is 2.95. The second-order valence-corrected chi connectivity index (χ2v) is 2.44. The van der Waals surface area contributed by atoms with E-state index < -0.39 is 0 Å². The van der Waals surface area contributed by atoms with Crippen LogP contribution in [0.4, 0.5) is 0 Å². The SMILES string of the molecule is CCC[C@H](N)CCNC. The van der Waals surface area contributed by atoms with Crippen molar-refractivity contribution in [1.29, 1.82) is 0 Å². The molecule has 0 rings (SSSR count).